The van der Waals surface area contributed by atoms with Gasteiger partial charge in [0.2, 0.25) is 0 Å². The molecule has 5 nitrogen and oxygen atoms in total. The molecule has 1 heterocycles. The van der Waals surface area contributed by atoms with Crippen molar-refractivity contribution in [2.75, 3.05) is 51.3 Å². The molecule has 5 heteroatoms. The highest BCUT2D eigenvalue weighted by atomic mass is 16.2. The second-order valence-corrected chi connectivity index (χ2v) is 5.48. The van der Waals surface area contributed by atoms with E-state index >= 15 is 0 Å². The summed E-state index contributed by atoms with van der Waals surface area (Å²) in [6, 6.07) is 5.39. The van der Waals surface area contributed by atoms with Crippen LogP contribution in [0.15, 0.2) is 18.2 Å². The Morgan fingerprint density at radius 1 is 1.35 bits per heavy atom. The Morgan fingerprint density at radius 3 is 2.70 bits per heavy atom. The van der Waals surface area contributed by atoms with Gasteiger partial charge in [-0.1, -0.05) is 0 Å². The minimum absolute atomic E-state index is 0.00586. The van der Waals surface area contributed by atoms with Crippen LogP contribution in [0, 0.1) is 0 Å². The molecule has 1 aliphatic rings. The van der Waals surface area contributed by atoms with E-state index in [1.807, 2.05) is 6.07 Å². The third kappa shape index (κ3) is 3.63. The van der Waals surface area contributed by atoms with Crippen molar-refractivity contribution >= 4 is 17.3 Å². The minimum atomic E-state index is -0.00586. The Labute approximate surface area is 120 Å². The van der Waals surface area contributed by atoms with Gasteiger partial charge in [-0.25, -0.2) is 0 Å². The lowest BCUT2D eigenvalue weighted by molar-refractivity contribution is 0.0828. The molecule has 1 aromatic carbocycles. The Morgan fingerprint density at radius 2 is 2.05 bits per heavy atom. The highest BCUT2D eigenvalue weighted by Crippen LogP contribution is 2.20. The van der Waals surface area contributed by atoms with Crippen LogP contribution in [0.2, 0.25) is 0 Å². The van der Waals surface area contributed by atoms with E-state index < -0.39 is 0 Å². The van der Waals surface area contributed by atoms with Crippen LogP contribution in [-0.2, 0) is 0 Å². The van der Waals surface area contributed by atoms with Crippen molar-refractivity contribution in [3.8, 4) is 0 Å². The van der Waals surface area contributed by atoms with Crippen LogP contribution in [-0.4, -0.2) is 56.0 Å². The summed E-state index contributed by atoms with van der Waals surface area (Å²) in [5.74, 6) is -0.00586. The zero-order chi connectivity index (χ0) is 14.5. The van der Waals surface area contributed by atoms with Crippen molar-refractivity contribution < 1.29 is 4.79 Å². The van der Waals surface area contributed by atoms with Gasteiger partial charge < -0.3 is 20.9 Å². The van der Waals surface area contributed by atoms with E-state index in [-0.39, 0.29) is 5.91 Å². The van der Waals surface area contributed by atoms with Crippen LogP contribution in [0.25, 0.3) is 0 Å². The average Bonchev–Trinajstić information content (AvgIpc) is 2.91. The molecule has 20 heavy (non-hydrogen) atoms. The van der Waals surface area contributed by atoms with Gasteiger partial charge in [0.25, 0.3) is 5.91 Å². The molecule has 3 N–H and O–H groups in total. The second-order valence-electron chi connectivity index (χ2n) is 5.48. The van der Waals surface area contributed by atoms with E-state index in [1.165, 1.54) is 25.9 Å². The van der Waals surface area contributed by atoms with E-state index in [0.717, 1.165) is 18.8 Å². The first-order chi connectivity index (χ1) is 9.58. The third-order valence-electron chi connectivity index (χ3n) is 3.62. The molecule has 1 saturated heterocycles. The number of nitrogen functional groups attached to an aromatic ring is 1. The van der Waals surface area contributed by atoms with E-state index in [9.17, 15) is 4.79 Å². The first-order valence-electron chi connectivity index (χ1n) is 7.15. The SMILES string of the molecule is CN(C)C(=O)c1ccc(N)cc1NCCN1CCCC1. The summed E-state index contributed by atoms with van der Waals surface area (Å²) in [6.45, 7) is 4.20. The number of nitrogens with zero attached hydrogens (tertiary/aromatic N) is 2. The van der Waals surface area contributed by atoms with Crippen LogP contribution < -0.4 is 11.1 Å². The molecule has 0 spiro atoms. The first-order valence-corrected chi connectivity index (χ1v) is 7.15. The number of carbonyl (C=O) groups is 1. The predicted octanol–water partition coefficient (Wildman–Crippen LogP) is 1.48. The number of hydrogen-bond acceptors (Lipinski definition) is 4. The molecule has 1 fully saturated rings. The van der Waals surface area contributed by atoms with Gasteiger partial charge in [-0.05, 0) is 44.1 Å². The van der Waals surface area contributed by atoms with Crippen molar-refractivity contribution in [1.29, 1.82) is 0 Å². The zero-order valence-electron chi connectivity index (χ0n) is 12.4. The summed E-state index contributed by atoms with van der Waals surface area (Å²) in [4.78, 5) is 16.1. The average molecular weight is 276 g/mol. The second kappa shape index (κ2) is 6.61. The van der Waals surface area contributed by atoms with Gasteiger partial charge >= 0.3 is 0 Å². The molecule has 0 radical (unpaired) electrons. The summed E-state index contributed by atoms with van der Waals surface area (Å²) >= 11 is 0. The Kier molecular flexibility index (Phi) is 4.84. The Balaban J connectivity index is 2.01. The fraction of sp³-hybridized carbons (Fsp3) is 0.533. The number of likely N-dealkylation sites (tertiary alicyclic amines) is 1. The molecule has 0 saturated carbocycles. The number of rotatable bonds is 5. The number of nitrogens with one attached hydrogen (secondary N) is 1. The van der Waals surface area contributed by atoms with E-state index in [2.05, 4.69) is 10.2 Å². The monoisotopic (exact) mass is 276 g/mol. The summed E-state index contributed by atoms with van der Waals surface area (Å²) in [5, 5.41) is 3.35. The lowest BCUT2D eigenvalue weighted by atomic mass is 10.1. The lowest BCUT2D eigenvalue weighted by Gasteiger charge is -2.18. The van der Waals surface area contributed by atoms with Crippen molar-refractivity contribution in [3.05, 3.63) is 23.8 Å². The third-order valence-corrected chi connectivity index (χ3v) is 3.62. The number of nitrogens with two attached hydrogens (primary N) is 1. The fourth-order valence-corrected chi connectivity index (χ4v) is 2.49. The van der Waals surface area contributed by atoms with Crippen LogP contribution in [0.1, 0.15) is 23.2 Å². The first kappa shape index (κ1) is 14.7. The summed E-state index contributed by atoms with van der Waals surface area (Å²) in [7, 11) is 3.51. The standard InChI is InChI=1S/C15H24N4O/c1-18(2)15(20)13-6-5-12(16)11-14(13)17-7-10-19-8-3-4-9-19/h5-6,11,17H,3-4,7-10,16H2,1-2H3. The Bertz CT molecular complexity index is 467. The van der Waals surface area contributed by atoms with Crippen molar-refractivity contribution in [3.63, 3.8) is 0 Å². The smallest absolute Gasteiger partial charge is 0.255 e. The molecule has 0 aliphatic carbocycles. The molecule has 110 valence electrons. The van der Waals surface area contributed by atoms with Crippen molar-refractivity contribution in [2.24, 2.45) is 0 Å². The van der Waals surface area contributed by atoms with Crippen molar-refractivity contribution in [1.82, 2.24) is 9.80 Å². The maximum atomic E-state index is 12.1. The molecule has 0 atom stereocenters. The maximum Gasteiger partial charge on any atom is 0.255 e. The van der Waals surface area contributed by atoms with Gasteiger partial charge in [0.15, 0.2) is 0 Å². The van der Waals surface area contributed by atoms with Crippen LogP contribution in [0.4, 0.5) is 11.4 Å². The highest BCUT2D eigenvalue weighted by molar-refractivity contribution is 5.99. The van der Waals surface area contributed by atoms with E-state index in [0.29, 0.717) is 11.3 Å². The number of amides is 1. The molecule has 1 amide bonds. The van der Waals surface area contributed by atoms with Gasteiger partial charge in [-0.15, -0.1) is 0 Å². The molecule has 0 unspecified atom stereocenters. The minimum Gasteiger partial charge on any atom is -0.399 e. The Hall–Kier alpha value is -1.75. The maximum absolute atomic E-state index is 12.1. The van der Waals surface area contributed by atoms with E-state index in [4.69, 9.17) is 5.73 Å². The molecular formula is C15H24N4O. The van der Waals surface area contributed by atoms with Gasteiger partial charge in [0, 0.05) is 38.6 Å². The molecule has 2 rings (SSSR count). The molecule has 0 bridgehead atoms. The number of benzene rings is 1. The van der Waals surface area contributed by atoms with Gasteiger partial charge in [0.1, 0.15) is 0 Å². The number of anilines is 2. The van der Waals surface area contributed by atoms with Gasteiger partial charge in [0.05, 0.1) is 5.56 Å². The molecule has 1 aromatic rings. The highest BCUT2D eigenvalue weighted by Gasteiger charge is 2.14. The quantitative estimate of drug-likeness (QED) is 0.800. The van der Waals surface area contributed by atoms with Gasteiger partial charge in [-0.2, -0.15) is 0 Å². The molecular weight excluding hydrogens is 252 g/mol. The summed E-state index contributed by atoms with van der Waals surface area (Å²) in [5.41, 5.74) is 7.99. The molecule has 1 aliphatic heterocycles. The number of carbonyl (C=O) groups excluding carboxylic acids is 1. The summed E-state index contributed by atoms with van der Waals surface area (Å²) in [6.07, 6.45) is 2.59. The van der Waals surface area contributed by atoms with Crippen LogP contribution in [0.3, 0.4) is 0 Å². The molecule has 0 aromatic heterocycles. The predicted molar refractivity (Wildman–Crippen MR) is 83.0 cm³/mol. The fourth-order valence-electron chi connectivity index (χ4n) is 2.49. The van der Waals surface area contributed by atoms with E-state index in [1.54, 1.807) is 31.1 Å². The van der Waals surface area contributed by atoms with Crippen LogP contribution in [0.5, 0.6) is 0 Å². The number of hydrogen-bond donors (Lipinski definition) is 2. The lowest BCUT2D eigenvalue weighted by Crippen LogP contribution is -2.27. The topological polar surface area (TPSA) is 61.6 Å². The largest absolute Gasteiger partial charge is 0.399 e. The summed E-state index contributed by atoms with van der Waals surface area (Å²) < 4.78 is 0. The van der Waals surface area contributed by atoms with Gasteiger partial charge in [-0.3, -0.25) is 4.79 Å². The van der Waals surface area contributed by atoms with Crippen molar-refractivity contribution in [2.45, 2.75) is 12.8 Å². The normalized spacial score (nSPS) is 15.3. The van der Waals surface area contributed by atoms with Crippen LogP contribution >= 0.6 is 0 Å². The zero-order valence-corrected chi connectivity index (χ0v) is 12.4.